The van der Waals surface area contributed by atoms with Crippen LogP contribution in [0.2, 0.25) is 0 Å². The van der Waals surface area contributed by atoms with Crippen molar-refractivity contribution in [2.75, 3.05) is 14.2 Å². The Morgan fingerprint density at radius 1 is 1.44 bits per heavy atom. The molecule has 86 valence electrons. The fourth-order valence-electron chi connectivity index (χ4n) is 1.15. The average molecular weight is 290 g/mol. The Balaban J connectivity index is 3.48. The van der Waals surface area contributed by atoms with Crippen molar-refractivity contribution in [2.24, 2.45) is 0 Å². The van der Waals surface area contributed by atoms with E-state index in [-0.39, 0.29) is 15.7 Å². The van der Waals surface area contributed by atoms with Crippen molar-refractivity contribution in [3.63, 3.8) is 0 Å². The molecule has 1 aromatic rings. The van der Waals surface area contributed by atoms with Crippen LogP contribution in [0.4, 0.5) is 5.69 Å². The molecule has 0 saturated carbocycles. The molecule has 7 heteroatoms. The number of nitro groups is 1. The van der Waals surface area contributed by atoms with Crippen LogP contribution >= 0.6 is 15.9 Å². The molecule has 0 atom stereocenters. The smallest absolute Gasteiger partial charge is 0.346 e. The molecule has 16 heavy (non-hydrogen) atoms. The van der Waals surface area contributed by atoms with Crippen molar-refractivity contribution in [3.05, 3.63) is 32.3 Å². The number of halogens is 1. The van der Waals surface area contributed by atoms with Crippen LogP contribution in [0.25, 0.3) is 0 Å². The van der Waals surface area contributed by atoms with Crippen molar-refractivity contribution in [1.29, 1.82) is 0 Å². The Labute approximate surface area is 99.4 Å². The predicted octanol–water partition coefficient (Wildman–Crippen LogP) is 2.15. The number of rotatable bonds is 3. The highest BCUT2D eigenvalue weighted by Gasteiger charge is 2.26. The molecule has 0 bridgehead atoms. The summed E-state index contributed by atoms with van der Waals surface area (Å²) in [5.74, 6) is -0.469. The molecule has 0 aliphatic carbocycles. The number of benzene rings is 1. The minimum absolute atomic E-state index is 0.160. The predicted molar refractivity (Wildman–Crippen MR) is 58.7 cm³/mol. The molecule has 0 heterocycles. The van der Waals surface area contributed by atoms with Gasteiger partial charge in [0, 0.05) is 6.07 Å². The number of hydrogen-bond donors (Lipinski definition) is 0. The van der Waals surface area contributed by atoms with E-state index < -0.39 is 10.9 Å². The molecule has 0 aliphatic heterocycles. The highest BCUT2D eigenvalue weighted by molar-refractivity contribution is 9.10. The van der Waals surface area contributed by atoms with Gasteiger partial charge in [-0.05, 0) is 22.0 Å². The highest BCUT2D eigenvalue weighted by atomic mass is 79.9. The first-order valence-electron chi connectivity index (χ1n) is 4.12. The van der Waals surface area contributed by atoms with E-state index in [2.05, 4.69) is 20.7 Å². The number of carbonyl (C=O) groups is 1. The van der Waals surface area contributed by atoms with E-state index in [9.17, 15) is 14.9 Å². The van der Waals surface area contributed by atoms with Gasteiger partial charge in [0.25, 0.3) is 5.69 Å². The van der Waals surface area contributed by atoms with Gasteiger partial charge in [-0.2, -0.15) is 0 Å². The SMILES string of the molecule is COC(=O)c1c([N+](=O)[O-])ccc(OC)c1Br. The summed E-state index contributed by atoms with van der Waals surface area (Å²) >= 11 is 3.07. The molecule has 0 aliphatic rings. The fraction of sp³-hybridized carbons (Fsp3) is 0.222. The summed E-state index contributed by atoms with van der Waals surface area (Å²) in [6.45, 7) is 0. The molecule has 0 radical (unpaired) electrons. The molecular formula is C9H8BrNO5. The second kappa shape index (κ2) is 4.93. The van der Waals surface area contributed by atoms with Gasteiger partial charge in [-0.25, -0.2) is 4.79 Å². The first-order valence-corrected chi connectivity index (χ1v) is 4.91. The van der Waals surface area contributed by atoms with Crippen LogP contribution in [0.3, 0.4) is 0 Å². The van der Waals surface area contributed by atoms with E-state index in [1.807, 2.05) is 0 Å². The summed E-state index contributed by atoms with van der Waals surface area (Å²) in [6, 6.07) is 2.59. The zero-order chi connectivity index (χ0) is 12.3. The number of methoxy groups -OCH3 is 2. The van der Waals surface area contributed by atoms with Gasteiger partial charge in [0.2, 0.25) is 0 Å². The monoisotopic (exact) mass is 289 g/mol. The van der Waals surface area contributed by atoms with Crippen LogP contribution in [-0.2, 0) is 4.74 Å². The van der Waals surface area contributed by atoms with Gasteiger partial charge in [0.05, 0.1) is 23.6 Å². The van der Waals surface area contributed by atoms with Gasteiger partial charge in [0.15, 0.2) is 5.56 Å². The molecule has 0 aromatic heterocycles. The lowest BCUT2D eigenvalue weighted by atomic mass is 10.1. The first kappa shape index (κ1) is 12.4. The largest absolute Gasteiger partial charge is 0.496 e. The lowest BCUT2D eigenvalue weighted by Gasteiger charge is -2.07. The van der Waals surface area contributed by atoms with Crippen molar-refractivity contribution < 1.29 is 19.2 Å². The van der Waals surface area contributed by atoms with E-state index in [1.54, 1.807) is 0 Å². The van der Waals surface area contributed by atoms with E-state index in [1.165, 1.54) is 19.2 Å². The Bertz CT molecular complexity index is 446. The normalized spacial score (nSPS) is 9.69. The maximum absolute atomic E-state index is 11.4. The Kier molecular flexibility index (Phi) is 3.83. The summed E-state index contributed by atoms with van der Waals surface area (Å²) in [7, 11) is 2.55. The quantitative estimate of drug-likeness (QED) is 0.484. The van der Waals surface area contributed by atoms with Gasteiger partial charge in [-0.15, -0.1) is 0 Å². The molecule has 0 unspecified atom stereocenters. The Morgan fingerprint density at radius 3 is 2.50 bits per heavy atom. The second-order valence-electron chi connectivity index (χ2n) is 2.72. The fourth-order valence-corrected chi connectivity index (χ4v) is 1.81. The molecule has 1 rings (SSSR count). The van der Waals surface area contributed by atoms with E-state index >= 15 is 0 Å². The van der Waals surface area contributed by atoms with Gasteiger partial charge in [-0.3, -0.25) is 10.1 Å². The number of nitro benzene ring substituents is 1. The summed E-state index contributed by atoms with van der Waals surface area (Å²) < 4.78 is 9.62. The zero-order valence-corrected chi connectivity index (χ0v) is 10.1. The standard InChI is InChI=1S/C9H8BrNO5/c1-15-6-4-3-5(11(13)14)7(8(6)10)9(12)16-2/h3-4H,1-2H3. The van der Waals surface area contributed by atoms with Crippen LogP contribution < -0.4 is 4.74 Å². The summed E-state index contributed by atoms with van der Waals surface area (Å²) in [4.78, 5) is 21.5. The van der Waals surface area contributed by atoms with Crippen LogP contribution in [0.1, 0.15) is 10.4 Å². The Morgan fingerprint density at radius 2 is 2.06 bits per heavy atom. The summed E-state index contributed by atoms with van der Waals surface area (Å²) in [6.07, 6.45) is 0. The maximum atomic E-state index is 11.4. The minimum atomic E-state index is -0.794. The number of esters is 1. The minimum Gasteiger partial charge on any atom is -0.496 e. The third kappa shape index (κ3) is 2.13. The van der Waals surface area contributed by atoms with Gasteiger partial charge >= 0.3 is 5.97 Å². The molecule has 0 spiro atoms. The van der Waals surface area contributed by atoms with Crippen molar-refractivity contribution in [2.45, 2.75) is 0 Å². The lowest BCUT2D eigenvalue weighted by Crippen LogP contribution is -2.07. The number of ether oxygens (including phenoxy) is 2. The summed E-state index contributed by atoms with van der Waals surface area (Å²) in [5, 5.41) is 10.7. The van der Waals surface area contributed by atoms with E-state index in [4.69, 9.17) is 4.74 Å². The van der Waals surface area contributed by atoms with Crippen LogP contribution in [-0.4, -0.2) is 25.1 Å². The third-order valence-corrected chi connectivity index (χ3v) is 2.68. The second-order valence-corrected chi connectivity index (χ2v) is 3.52. The number of nitrogens with zero attached hydrogens (tertiary/aromatic N) is 1. The number of hydrogen-bond acceptors (Lipinski definition) is 5. The van der Waals surface area contributed by atoms with E-state index in [0.29, 0.717) is 5.75 Å². The van der Waals surface area contributed by atoms with E-state index in [0.717, 1.165) is 7.11 Å². The highest BCUT2D eigenvalue weighted by Crippen LogP contribution is 2.35. The average Bonchev–Trinajstić information content (AvgIpc) is 2.27. The van der Waals surface area contributed by atoms with Crippen molar-refractivity contribution >= 4 is 27.6 Å². The van der Waals surface area contributed by atoms with Crippen LogP contribution in [0, 0.1) is 10.1 Å². The van der Waals surface area contributed by atoms with Crippen LogP contribution in [0.15, 0.2) is 16.6 Å². The zero-order valence-electron chi connectivity index (χ0n) is 8.52. The Hall–Kier alpha value is -1.63. The molecule has 6 nitrogen and oxygen atoms in total. The molecule has 1 aromatic carbocycles. The molecule has 0 amide bonds. The topological polar surface area (TPSA) is 78.7 Å². The van der Waals surface area contributed by atoms with Crippen molar-refractivity contribution in [1.82, 2.24) is 0 Å². The van der Waals surface area contributed by atoms with Gasteiger partial charge < -0.3 is 9.47 Å². The lowest BCUT2D eigenvalue weighted by molar-refractivity contribution is -0.385. The maximum Gasteiger partial charge on any atom is 0.346 e. The molecular weight excluding hydrogens is 282 g/mol. The molecule has 0 N–H and O–H groups in total. The molecule has 0 saturated heterocycles. The van der Waals surface area contributed by atoms with Gasteiger partial charge in [0.1, 0.15) is 5.75 Å². The summed E-state index contributed by atoms with van der Waals surface area (Å²) in [5.41, 5.74) is -0.494. The first-order chi connectivity index (χ1) is 7.52. The number of carbonyl (C=O) groups excluding carboxylic acids is 1. The van der Waals surface area contributed by atoms with Crippen LogP contribution in [0.5, 0.6) is 5.75 Å². The molecule has 0 fully saturated rings. The van der Waals surface area contributed by atoms with Gasteiger partial charge in [-0.1, -0.05) is 0 Å². The van der Waals surface area contributed by atoms with Crippen molar-refractivity contribution in [3.8, 4) is 5.75 Å². The third-order valence-electron chi connectivity index (χ3n) is 1.89.